The van der Waals surface area contributed by atoms with Crippen LogP contribution in [0.5, 0.6) is 0 Å². The Kier molecular flexibility index (Phi) is 4.94. The number of piperazine rings is 1. The second-order valence-electron chi connectivity index (χ2n) is 6.43. The number of hydrogen-bond donors (Lipinski definition) is 1. The summed E-state index contributed by atoms with van der Waals surface area (Å²) in [6, 6.07) is 13.3. The van der Waals surface area contributed by atoms with Crippen molar-refractivity contribution >= 4 is 5.82 Å². The molecule has 1 saturated heterocycles. The molecule has 1 aromatic carbocycles. The number of rotatable bonds is 4. The second-order valence-corrected chi connectivity index (χ2v) is 6.43. The maximum Gasteiger partial charge on any atom is 0.128 e. The molecule has 0 spiro atoms. The first kappa shape index (κ1) is 16.0. The van der Waals surface area contributed by atoms with E-state index in [0.717, 1.165) is 43.1 Å². The summed E-state index contributed by atoms with van der Waals surface area (Å²) in [7, 11) is 0. The molecular weight excluding hydrogens is 284 g/mol. The minimum Gasteiger partial charge on any atom is -0.354 e. The zero-order chi connectivity index (χ0) is 16.2. The molecule has 0 aliphatic carbocycles. The highest BCUT2D eigenvalue weighted by Crippen LogP contribution is 2.22. The summed E-state index contributed by atoms with van der Waals surface area (Å²) >= 11 is 0. The van der Waals surface area contributed by atoms with Gasteiger partial charge in [-0.1, -0.05) is 18.2 Å². The number of hydrogen-bond acceptors (Lipinski definition) is 4. The Balaban J connectivity index is 1.70. The normalized spacial score (nSPS) is 16.1. The number of anilines is 1. The van der Waals surface area contributed by atoms with Crippen LogP contribution in [0.15, 0.2) is 42.6 Å². The van der Waals surface area contributed by atoms with Crippen molar-refractivity contribution in [3.05, 3.63) is 48.2 Å². The predicted octanol–water partition coefficient (Wildman–Crippen LogP) is 2.74. The summed E-state index contributed by atoms with van der Waals surface area (Å²) in [6.45, 7) is 9.41. The average Bonchev–Trinajstić information content (AvgIpc) is 2.62. The van der Waals surface area contributed by atoms with Gasteiger partial charge in [0.05, 0.1) is 0 Å². The molecule has 1 aromatic heterocycles. The van der Waals surface area contributed by atoms with Crippen LogP contribution in [0.1, 0.15) is 19.4 Å². The van der Waals surface area contributed by atoms with E-state index >= 15 is 0 Å². The van der Waals surface area contributed by atoms with Crippen LogP contribution < -0.4 is 10.6 Å². The van der Waals surface area contributed by atoms with Gasteiger partial charge in [0.1, 0.15) is 5.82 Å². The van der Waals surface area contributed by atoms with E-state index in [-0.39, 0.29) is 0 Å². The lowest BCUT2D eigenvalue weighted by atomic mass is 10.0. The molecule has 0 saturated carbocycles. The minimum atomic E-state index is 0.569. The van der Waals surface area contributed by atoms with Crippen LogP contribution >= 0.6 is 0 Å². The molecule has 1 aliphatic heterocycles. The van der Waals surface area contributed by atoms with Gasteiger partial charge < -0.3 is 10.6 Å². The van der Waals surface area contributed by atoms with Gasteiger partial charge in [-0.2, -0.15) is 0 Å². The van der Waals surface area contributed by atoms with Crippen molar-refractivity contribution in [2.24, 2.45) is 5.73 Å². The summed E-state index contributed by atoms with van der Waals surface area (Å²) < 4.78 is 0. The first-order chi connectivity index (χ1) is 11.2. The van der Waals surface area contributed by atoms with E-state index in [1.807, 2.05) is 6.20 Å². The molecule has 0 radical (unpaired) electrons. The summed E-state index contributed by atoms with van der Waals surface area (Å²) in [5.41, 5.74) is 9.19. The van der Waals surface area contributed by atoms with Crippen LogP contribution in [0.25, 0.3) is 11.1 Å². The molecule has 2 N–H and O–H groups in total. The van der Waals surface area contributed by atoms with Crippen molar-refractivity contribution in [3.8, 4) is 11.1 Å². The fourth-order valence-corrected chi connectivity index (χ4v) is 3.09. The lowest BCUT2D eigenvalue weighted by Crippen LogP contribution is -2.49. The Bertz CT molecular complexity index is 628. The molecule has 1 aliphatic rings. The summed E-state index contributed by atoms with van der Waals surface area (Å²) in [6.07, 6.45) is 1.97. The van der Waals surface area contributed by atoms with Gasteiger partial charge in [-0.3, -0.25) is 4.90 Å². The van der Waals surface area contributed by atoms with E-state index in [2.05, 4.69) is 65.0 Å². The van der Waals surface area contributed by atoms with E-state index in [0.29, 0.717) is 12.6 Å². The van der Waals surface area contributed by atoms with Gasteiger partial charge in [0.15, 0.2) is 0 Å². The van der Waals surface area contributed by atoms with Crippen LogP contribution in [0.4, 0.5) is 5.82 Å². The van der Waals surface area contributed by atoms with E-state index < -0.39 is 0 Å². The quantitative estimate of drug-likeness (QED) is 0.943. The highest BCUT2D eigenvalue weighted by molar-refractivity contribution is 5.64. The molecule has 2 aromatic rings. The van der Waals surface area contributed by atoms with Crippen LogP contribution in [-0.4, -0.2) is 42.1 Å². The van der Waals surface area contributed by atoms with Gasteiger partial charge in [-0.05, 0) is 43.2 Å². The molecule has 2 heterocycles. The maximum absolute atomic E-state index is 5.72. The van der Waals surface area contributed by atoms with E-state index in [1.165, 1.54) is 5.56 Å². The van der Waals surface area contributed by atoms with Crippen LogP contribution in [-0.2, 0) is 6.54 Å². The lowest BCUT2D eigenvalue weighted by molar-refractivity contribution is 0.209. The fraction of sp³-hybridized carbons (Fsp3) is 0.421. The van der Waals surface area contributed by atoms with Gasteiger partial charge in [0.25, 0.3) is 0 Å². The summed E-state index contributed by atoms with van der Waals surface area (Å²) in [5.74, 6) is 1.08. The molecule has 122 valence electrons. The Morgan fingerprint density at radius 2 is 1.83 bits per heavy atom. The van der Waals surface area contributed by atoms with Gasteiger partial charge in [-0.25, -0.2) is 4.98 Å². The summed E-state index contributed by atoms with van der Waals surface area (Å²) in [4.78, 5) is 9.57. The Morgan fingerprint density at radius 3 is 2.43 bits per heavy atom. The third-order valence-corrected chi connectivity index (χ3v) is 4.61. The number of aromatic nitrogens is 1. The van der Waals surface area contributed by atoms with Crippen molar-refractivity contribution in [3.63, 3.8) is 0 Å². The van der Waals surface area contributed by atoms with Gasteiger partial charge >= 0.3 is 0 Å². The standard InChI is InChI=1S/C19H26N4/c1-15(2)22-8-10-23(11-9-22)19-7-6-18(14-21-19)17-5-3-4-16(12-17)13-20/h3-7,12,14-15H,8-11,13,20H2,1-2H3. The average molecular weight is 310 g/mol. The molecule has 4 nitrogen and oxygen atoms in total. The first-order valence-corrected chi connectivity index (χ1v) is 8.42. The van der Waals surface area contributed by atoms with Gasteiger partial charge in [-0.15, -0.1) is 0 Å². The van der Waals surface area contributed by atoms with E-state index in [9.17, 15) is 0 Å². The van der Waals surface area contributed by atoms with Crippen LogP contribution in [0, 0.1) is 0 Å². The zero-order valence-corrected chi connectivity index (χ0v) is 14.1. The van der Waals surface area contributed by atoms with Crippen LogP contribution in [0.2, 0.25) is 0 Å². The molecule has 1 fully saturated rings. The Morgan fingerprint density at radius 1 is 1.04 bits per heavy atom. The molecule has 4 heteroatoms. The van der Waals surface area contributed by atoms with Crippen LogP contribution in [0.3, 0.4) is 0 Å². The van der Waals surface area contributed by atoms with E-state index in [1.54, 1.807) is 0 Å². The molecule has 23 heavy (non-hydrogen) atoms. The molecule has 3 rings (SSSR count). The monoisotopic (exact) mass is 310 g/mol. The third kappa shape index (κ3) is 3.71. The van der Waals surface area contributed by atoms with Crippen molar-refractivity contribution in [2.75, 3.05) is 31.1 Å². The lowest BCUT2D eigenvalue weighted by Gasteiger charge is -2.37. The van der Waals surface area contributed by atoms with Crippen molar-refractivity contribution < 1.29 is 0 Å². The van der Waals surface area contributed by atoms with Crippen molar-refractivity contribution in [2.45, 2.75) is 26.4 Å². The molecule has 0 atom stereocenters. The van der Waals surface area contributed by atoms with Crippen molar-refractivity contribution in [1.82, 2.24) is 9.88 Å². The molecule has 0 bridgehead atoms. The Labute approximate surface area is 138 Å². The smallest absolute Gasteiger partial charge is 0.128 e. The predicted molar refractivity (Wildman–Crippen MR) is 96.5 cm³/mol. The fourth-order valence-electron chi connectivity index (χ4n) is 3.09. The first-order valence-electron chi connectivity index (χ1n) is 8.42. The molecular formula is C19H26N4. The largest absolute Gasteiger partial charge is 0.354 e. The number of nitrogens with two attached hydrogens (primary N) is 1. The minimum absolute atomic E-state index is 0.569. The highest BCUT2D eigenvalue weighted by atomic mass is 15.3. The third-order valence-electron chi connectivity index (χ3n) is 4.61. The summed E-state index contributed by atoms with van der Waals surface area (Å²) in [5, 5.41) is 0. The number of pyridine rings is 1. The Hall–Kier alpha value is -1.91. The van der Waals surface area contributed by atoms with E-state index in [4.69, 9.17) is 5.73 Å². The number of benzene rings is 1. The van der Waals surface area contributed by atoms with Gasteiger partial charge in [0, 0.05) is 50.5 Å². The number of nitrogens with zero attached hydrogens (tertiary/aromatic N) is 3. The highest BCUT2D eigenvalue weighted by Gasteiger charge is 2.19. The second kappa shape index (κ2) is 7.11. The maximum atomic E-state index is 5.72. The SMILES string of the molecule is CC(C)N1CCN(c2ccc(-c3cccc(CN)c3)cn2)CC1. The molecule has 0 unspecified atom stereocenters. The topological polar surface area (TPSA) is 45.4 Å². The molecule has 0 amide bonds. The van der Waals surface area contributed by atoms with Gasteiger partial charge in [0.2, 0.25) is 0 Å². The van der Waals surface area contributed by atoms with Crippen molar-refractivity contribution in [1.29, 1.82) is 0 Å². The zero-order valence-electron chi connectivity index (χ0n) is 14.1.